The highest BCUT2D eigenvalue weighted by Gasteiger charge is 2.02. The van der Waals surface area contributed by atoms with Crippen molar-refractivity contribution in [2.75, 3.05) is 13.1 Å². The zero-order valence-corrected chi connectivity index (χ0v) is 12.2. The number of sulfonamides is 1. The van der Waals surface area contributed by atoms with Gasteiger partial charge in [0.1, 0.15) is 0 Å². The van der Waals surface area contributed by atoms with E-state index in [4.69, 9.17) is 5.73 Å². The van der Waals surface area contributed by atoms with Crippen molar-refractivity contribution in [1.29, 1.82) is 0 Å². The van der Waals surface area contributed by atoms with Crippen molar-refractivity contribution in [2.45, 2.75) is 0 Å². The van der Waals surface area contributed by atoms with Gasteiger partial charge in [0, 0.05) is 23.0 Å². The third kappa shape index (κ3) is 6.80. The standard InChI is InChI=1S/C10H13BrN2O2S.ClH/c11-10-3-1-2-9(8-10)4-7-16(14,15)13-6-5-12;/h1-4,7-8,13H,5-6,12H2;1H. The summed E-state index contributed by atoms with van der Waals surface area (Å²) in [5.41, 5.74) is 6.02. The number of rotatable bonds is 5. The van der Waals surface area contributed by atoms with Crippen LogP contribution in [0.25, 0.3) is 6.08 Å². The maximum absolute atomic E-state index is 11.4. The molecule has 0 radical (unpaired) electrons. The van der Waals surface area contributed by atoms with Crippen LogP contribution in [0.2, 0.25) is 0 Å². The summed E-state index contributed by atoms with van der Waals surface area (Å²) in [4.78, 5) is 0. The van der Waals surface area contributed by atoms with Crippen LogP contribution in [0.4, 0.5) is 0 Å². The quantitative estimate of drug-likeness (QED) is 0.856. The highest BCUT2D eigenvalue weighted by Crippen LogP contribution is 2.12. The first-order valence-electron chi connectivity index (χ1n) is 4.67. The molecule has 7 heteroatoms. The third-order valence-electron chi connectivity index (χ3n) is 1.74. The van der Waals surface area contributed by atoms with Crippen molar-refractivity contribution in [2.24, 2.45) is 5.73 Å². The number of nitrogens with one attached hydrogen (secondary N) is 1. The fourth-order valence-electron chi connectivity index (χ4n) is 1.03. The Labute approximate surface area is 116 Å². The molecule has 1 rings (SSSR count). The lowest BCUT2D eigenvalue weighted by Gasteiger charge is -1.99. The monoisotopic (exact) mass is 340 g/mol. The van der Waals surface area contributed by atoms with Crippen LogP contribution in [0.15, 0.2) is 34.1 Å². The van der Waals surface area contributed by atoms with E-state index in [-0.39, 0.29) is 25.5 Å². The first-order chi connectivity index (χ1) is 7.53. The minimum atomic E-state index is -3.38. The van der Waals surface area contributed by atoms with Gasteiger partial charge in [-0.15, -0.1) is 12.4 Å². The highest BCUT2D eigenvalue weighted by atomic mass is 79.9. The summed E-state index contributed by atoms with van der Waals surface area (Å²) in [6, 6.07) is 7.36. The highest BCUT2D eigenvalue weighted by molar-refractivity contribution is 9.10. The van der Waals surface area contributed by atoms with Crippen LogP contribution in [0.5, 0.6) is 0 Å². The van der Waals surface area contributed by atoms with E-state index in [1.807, 2.05) is 24.3 Å². The topological polar surface area (TPSA) is 72.2 Å². The minimum Gasteiger partial charge on any atom is -0.329 e. The van der Waals surface area contributed by atoms with Crippen molar-refractivity contribution >= 4 is 44.4 Å². The molecule has 0 atom stereocenters. The van der Waals surface area contributed by atoms with Gasteiger partial charge in [0.25, 0.3) is 0 Å². The summed E-state index contributed by atoms with van der Waals surface area (Å²) in [6.07, 6.45) is 1.53. The third-order valence-corrected chi connectivity index (χ3v) is 3.33. The summed E-state index contributed by atoms with van der Waals surface area (Å²) in [5, 5.41) is 1.13. The van der Waals surface area contributed by atoms with Crippen LogP contribution in [-0.2, 0) is 10.0 Å². The van der Waals surface area contributed by atoms with Gasteiger partial charge in [-0.05, 0) is 23.8 Å². The maximum atomic E-state index is 11.4. The molecule has 0 aliphatic rings. The number of halogens is 2. The summed E-state index contributed by atoms with van der Waals surface area (Å²) >= 11 is 3.31. The van der Waals surface area contributed by atoms with Crippen LogP contribution < -0.4 is 10.5 Å². The molecule has 0 unspecified atom stereocenters. The lowest BCUT2D eigenvalue weighted by molar-refractivity contribution is 0.591. The summed E-state index contributed by atoms with van der Waals surface area (Å²) < 4.78 is 26.0. The van der Waals surface area contributed by atoms with Crippen LogP contribution in [-0.4, -0.2) is 21.5 Å². The Morgan fingerprint density at radius 3 is 2.71 bits per heavy atom. The normalized spacial score (nSPS) is 11.4. The van der Waals surface area contributed by atoms with Crippen LogP contribution in [0.1, 0.15) is 5.56 Å². The average Bonchev–Trinajstić information content (AvgIpc) is 2.24. The van der Waals surface area contributed by atoms with Crippen molar-refractivity contribution < 1.29 is 8.42 Å². The molecule has 1 aromatic rings. The molecule has 0 fully saturated rings. The van der Waals surface area contributed by atoms with Gasteiger partial charge in [0.15, 0.2) is 0 Å². The Morgan fingerprint density at radius 2 is 2.12 bits per heavy atom. The molecule has 0 aliphatic carbocycles. The number of nitrogens with two attached hydrogens (primary N) is 1. The Kier molecular flexibility index (Phi) is 7.65. The van der Waals surface area contributed by atoms with Crippen molar-refractivity contribution in [3.63, 3.8) is 0 Å². The molecule has 17 heavy (non-hydrogen) atoms. The molecule has 0 heterocycles. The van der Waals surface area contributed by atoms with E-state index < -0.39 is 10.0 Å². The number of hydrogen-bond donors (Lipinski definition) is 2. The lowest BCUT2D eigenvalue weighted by atomic mass is 10.2. The smallest absolute Gasteiger partial charge is 0.233 e. The molecule has 0 aromatic heterocycles. The number of benzene rings is 1. The van der Waals surface area contributed by atoms with Gasteiger partial charge in [-0.1, -0.05) is 28.1 Å². The molecule has 0 saturated heterocycles. The first kappa shape index (κ1) is 16.6. The van der Waals surface area contributed by atoms with E-state index in [1.165, 1.54) is 6.08 Å². The van der Waals surface area contributed by atoms with Gasteiger partial charge < -0.3 is 5.73 Å². The van der Waals surface area contributed by atoms with E-state index in [1.54, 1.807) is 0 Å². The molecular formula is C10H14BrClN2O2S. The van der Waals surface area contributed by atoms with Gasteiger partial charge in [-0.25, -0.2) is 13.1 Å². The summed E-state index contributed by atoms with van der Waals surface area (Å²) in [5.74, 6) is 0. The maximum Gasteiger partial charge on any atom is 0.233 e. The predicted molar refractivity (Wildman–Crippen MR) is 76.4 cm³/mol. The Bertz CT molecular complexity index is 477. The summed E-state index contributed by atoms with van der Waals surface area (Å²) in [7, 11) is -3.38. The van der Waals surface area contributed by atoms with Gasteiger partial charge in [0.05, 0.1) is 0 Å². The van der Waals surface area contributed by atoms with Crippen molar-refractivity contribution in [1.82, 2.24) is 4.72 Å². The SMILES string of the molecule is Cl.NCCNS(=O)(=O)C=Cc1cccc(Br)c1. The largest absolute Gasteiger partial charge is 0.329 e. The molecular weight excluding hydrogens is 328 g/mol. The molecule has 1 aromatic carbocycles. The molecule has 4 nitrogen and oxygen atoms in total. The van der Waals surface area contributed by atoms with E-state index in [9.17, 15) is 8.42 Å². The van der Waals surface area contributed by atoms with Gasteiger partial charge in [-0.3, -0.25) is 0 Å². The lowest BCUT2D eigenvalue weighted by Crippen LogP contribution is -2.27. The fraction of sp³-hybridized carbons (Fsp3) is 0.200. The average molecular weight is 342 g/mol. The Hall–Kier alpha value is -0.400. The second kappa shape index (κ2) is 7.84. The molecule has 3 N–H and O–H groups in total. The molecule has 96 valence electrons. The second-order valence-electron chi connectivity index (χ2n) is 3.09. The zero-order valence-electron chi connectivity index (χ0n) is 8.97. The second-order valence-corrected chi connectivity index (χ2v) is 5.65. The Balaban J connectivity index is 0.00000256. The van der Waals surface area contributed by atoms with E-state index in [0.717, 1.165) is 15.4 Å². The van der Waals surface area contributed by atoms with E-state index >= 15 is 0 Å². The molecule has 0 spiro atoms. The van der Waals surface area contributed by atoms with E-state index in [2.05, 4.69) is 20.7 Å². The first-order valence-corrected chi connectivity index (χ1v) is 7.01. The van der Waals surface area contributed by atoms with Gasteiger partial charge >= 0.3 is 0 Å². The summed E-state index contributed by atoms with van der Waals surface area (Å²) in [6.45, 7) is 0.523. The fourth-order valence-corrected chi connectivity index (χ4v) is 2.28. The van der Waals surface area contributed by atoms with Crippen molar-refractivity contribution in [3.8, 4) is 0 Å². The minimum absolute atomic E-state index is 0. The molecule has 0 amide bonds. The molecule has 0 saturated carbocycles. The molecule has 0 bridgehead atoms. The zero-order chi connectivity index (χ0) is 12.0. The van der Waals surface area contributed by atoms with Gasteiger partial charge in [0.2, 0.25) is 10.0 Å². The van der Waals surface area contributed by atoms with Crippen molar-refractivity contribution in [3.05, 3.63) is 39.7 Å². The van der Waals surface area contributed by atoms with Crippen LogP contribution >= 0.6 is 28.3 Å². The van der Waals surface area contributed by atoms with Crippen LogP contribution in [0.3, 0.4) is 0 Å². The predicted octanol–water partition coefficient (Wildman–Crippen LogP) is 1.72. The molecule has 0 aliphatic heterocycles. The number of hydrogen-bond acceptors (Lipinski definition) is 3. The Morgan fingerprint density at radius 1 is 1.41 bits per heavy atom. The van der Waals surface area contributed by atoms with Crippen LogP contribution in [0, 0.1) is 0 Å². The van der Waals surface area contributed by atoms with E-state index in [0.29, 0.717) is 0 Å². The van der Waals surface area contributed by atoms with Gasteiger partial charge in [-0.2, -0.15) is 0 Å².